The van der Waals surface area contributed by atoms with Gasteiger partial charge in [-0.3, -0.25) is 19.2 Å². The van der Waals surface area contributed by atoms with Crippen molar-refractivity contribution in [2.75, 3.05) is 0 Å². The molecule has 4 atom stereocenters. The zero-order valence-corrected chi connectivity index (χ0v) is 15.0. The van der Waals surface area contributed by atoms with Gasteiger partial charge < -0.3 is 43.4 Å². The van der Waals surface area contributed by atoms with Gasteiger partial charge in [0, 0.05) is 6.42 Å². The number of hydrogen-bond acceptors (Lipinski definition) is 8. The third kappa shape index (κ3) is 18.1. The molecule has 154 valence electrons. The van der Waals surface area contributed by atoms with Crippen molar-refractivity contribution in [1.29, 1.82) is 0 Å². The van der Waals surface area contributed by atoms with Crippen LogP contribution in [0.25, 0.3) is 0 Å². The lowest BCUT2D eigenvalue weighted by atomic mass is 10.1. The SMILES string of the molecule is CC(C)[C@H](N)C(=O)O.CC(O)[C@H](N)C(=O)O.NC(=O)CC[C@H](N)C(=O)O. The van der Waals surface area contributed by atoms with Crippen LogP contribution in [0.1, 0.15) is 33.6 Å². The minimum Gasteiger partial charge on any atom is -0.480 e. The summed E-state index contributed by atoms with van der Waals surface area (Å²) in [6, 6.07) is -2.85. The summed E-state index contributed by atoms with van der Waals surface area (Å²) in [5.74, 6) is -3.73. The molecule has 0 saturated carbocycles. The monoisotopic (exact) mass is 382 g/mol. The fraction of sp³-hybridized carbons (Fsp3) is 0.714. The molecule has 12 heteroatoms. The highest BCUT2D eigenvalue weighted by Gasteiger charge is 2.16. The first-order chi connectivity index (χ1) is 11.6. The third-order valence-electron chi connectivity index (χ3n) is 2.83. The van der Waals surface area contributed by atoms with Crippen LogP contribution < -0.4 is 22.9 Å². The highest BCUT2D eigenvalue weighted by atomic mass is 16.4. The normalized spacial score (nSPS) is 14.5. The van der Waals surface area contributed by atoms with E-state index < -0.39 is 48.0 Å². The number of nitrogens with two attached hydrogens (primary N) is 4. The Balaban J connectivity index is -0.000000308. The molecule has 0 fully saturated rings. The Bertz CT molecular complexity index is 432. The number of rotatable bonds is 8. The van der Waals surface area contributed by atoms with E-state index in [1.807, 2.05) is 0 Å². The summed E-state index contributed by atoms with van der Waals surface area (Å²) < 4.78 is 0. The minimum absolute atomic E-state index is 0.0208. The lowest BCUT2D eigenvalue weighted by Crippen LogP contribution is -2.39. The van der Waals surface area contributed by atoms with Gasteiger partial charge in [0.15, 0.2) is 0 Å². The second-order valence-electron chi connectivity index (χ2n) is 5.66. The van der Waals surface area contributed by atoms with Crippen molar-refractivity contribution < 1.29 is 39.6 Å². The average molecular weight is 382 g/mol. The summed E-state index contributed by atoms with van der Waals surface area (Å²) in [5.41, 5.74) is 19.9. The maximum Gasteiger partial charge on any atom is 0.323 e. The van der Waals surface area contributed by atoms with Crippen LogP contribution in [0, 0.1) is 5.92 Å². The van der Waals surface area contributed by atoms with E-state index >= 15 is 0 Å². The molecule has 1 unspecified atom stereocenters. The smallest absolute Gasteiger partial charge is 0.323 e. The highest BCUT2D eigenvalue weighted by molar-refractivity contribution is 5.77. The molecule has 0 rings (SSSR count). The Morgan fingerprint density at radius 1 is 0.808 bits per heavy atom. The number of carbonyl (C=O) groups excluding carboxylic acids is 1. The summed E-state index contributed by atoms with van der Waals surface area (Å²) in [6.45, 7) is 4.89. The number of amides is 1. The van der Waals surface area contributed by atoms with Gasteiger partial charge in [0.2, 0.25) is 5.91 Å². The molecular weight excluding hydrogens is 352 g/mol. The van der Waals surface area contributed by atoms with Crippen LogP contribution in [-0.2, 0) is 19.2 Å². The van der Waals surface area contributed by atoms with E-state index in [0.29, 0.717) is 0 Å². The molecule has 12 nitrogen and oxygen atoms in total. The quantitative estimate of drug-likeness (QED) is 0.217. The van der Waals surface area contributed by atoms with Crippen molar-refractivity contribution in [3.8, 4) is 0 Å². The van der Waals surface area contributed by atoms with Crippen molar-refractivity contribution in [1.82, 2.24) is 0 Å². The minimum atomic E-state index is -1.18. The zero-order chi connectivity index (χ0) is 21.6. The van der Waals surface area contributed by atoms with Gasteiger partial charge in [-0.05, 0) is 19.3 Å². The number of hydrogen-bond donors (Lipinski definition) is 8. The van der Waals surface area contributed by atoms with E-state index in [-0.39, 0.29) is 18.8 Å². The lowest BCUT2D eigenvalue weighted by molar-refractivity contribution is -0.141. The maximum absolute atomic E-state index is 10.1. The van der Waals surface area contributed by atoms with Crippen molar-refractivity contribution in [3.05, 3.63) is 0 Å². The highest BCUT2D eigenvalue weighted by Crippen LogP contribution is 1.96. The zero-order valence-electron chi connectivity index (χ0n) is 15.0. The molecule has 0 aromatic rings. The molecule has 0 aliphatic carbocycles. The summed E-state index contributed by atoms with van der Waals surface area (Å²) in [4.78, 5) is 40.0. The number of aliphatic hydroxyl groups is 1. The predicted molar refractivity (Wildman–Crippen MR) is 91.8 cm³/mol. The van der Waals surface area contributed by atoms with Crippen LogP contribution in [0.4, 0.5) is 0 Å². The average Bonchev–Trinajstić information content (AvgIpc) is 2.51. The maximum atomic E-state index is 10.1. The van der Waals surface area contributed by atoms with Crippen LogP contribution in [0.2, 0.25) is 0 Å². The van der Waals surface area contributed by atoms with Gasteiger partial charge in [-0.2, -0.15) is 0 Å². The molecule has 0 saturated heterocycles. The standard InChI is InChI=1S/C5H10N2O3.C5H11NO2.C4H9NO3/c6-3(5(9)10)1-2-4(7)8;1-3(2)4(6)5(7)8;1-2(6)3(5)4(7)8/h3H,1-2,6H2,(H2,7,8)(H,9,10);3-4H,6H2,1-2H3,(H,7,8);2-3,6H,5H2,1H3,(H,7,8)/t3-;4-;2?,3-/m000/s1. The van der Waals surface area contributed by atoms with Crippen LogP contribution >= 0.6 is 0 Å². The molecule has 26 heavy (non-hydrogen) atoms. The van der Waals surface area contributed by atoms with Gasteiger partial charge in [0.05, 0.1) is 6.10 Å². The van der Waals surface area contributed by atoms with Crippen LogP contribution in [-0.4, -0.2) is 68.5 Å². The summed E-state index contributed by atoms with van der Waals surface area (Å²) in [6.07, 6.45) is -0.856. The summed E-state index contributed by atoms with van der Waals surface area (Å²) >= 11 is 0. The van der Waals surface area contributed by atoms with Gasteiger partial charge in [-0.1, -0.05) is 13.8 Å². The first kappa shape index (κ1) is 28.5. The predicted octanol–water partition coefficient (Wildman–Crippen LogP) is -2.50. The number of carboxylic acids is 3. The molecule has 12 N–H and O–H groups in total. The van der Waals surface area contributed by atoms with Gasteiger partial charge in [-0.15, -0.1) is 0 Å². The third-order valence-corrected chi connectivity index (χ3v) is 2.83. The molecule has 0 radical (unpaired) electrons. The number of aliphatic hydroxyl groups excluding tert-OH is 1. The van der Waals surface area contributed by atoms with Crippen LogP contribution in [0.3, 0.4) is 0 Å². The van der Waals surface area contributed by atoms with Gasteiger partial charge in [-0.25, -0.2) is 0 Å². The van der Waals surface area contributed by atoms with E-state index in [2.05, 4.69) is 0 Å². The topological polar surface area (TPSA) is 253 Å². The van der Waals surface area contributed by atoms with E-state index in [0.717, 1.165) is 0 Å². The second-order valence-corrected chi connectivity index (χ2v) is 5.66. The van der Waals surface area contributed by atoms with Crippen LogP contribution in [0.5, 0.6) is 0 Å². The fourth-order valence-electron chi connectivity index (χ4n) is 0.913. The van der Waals surface area contributed by atoms with Gasteiger partial charge in [0.1, 0.15) is 18.1 Å². The largest absolute Gasteiger partial charge is 0.480 e. The molecule has 0 aromatic heterocycles. The van der Waals surface area contributed by atoms with Gasteiger partial charge >= 0.3 is 17.9 Å². The number of aliphatic carboxylic acids is 3. The van der Waals surface area contributed by atoms with Gasteiger partial charge in [0.25, 0.3) is 0 Å². The molecule has 0 aliphatic heterocycles. The molecule has 0 aromatic carbocycles. The molecule has 0 aliphatic rings. The fourth-order valence-corrected chi connectivity index (χ4v) is 0.913. The Morgan fingerprint density at radius 2 is 1.19 bits per heavy atom. The number of primary amides is 1. The second kappa shape index (κ2) is 15.0. The van der Waals surface area contributed by atoms with Crippen molar-refractivity contribution in [2.24, 2.45) is 28.9 Å². The molecule has 1 amide bonds. The Morgan fingerprint density at radius 3 is 1.31 bits per heavy atom. The number of carbonyl (C=O) groups is 4. The molecule has 0 spiro atoms. The van der Waals surface area contributed by atoms with E-state index in [4.69, 9.17) is 43.4 Å². The summed E-state index contributed by atoms with van der Waals surface area (Å²) in [7, 11) is 0. The molecule has 0 heterocycles. The Hall–Kier alpha value is -2.28. The van der Waals surface area contributed by atoms with E-state index in [1.54, 1.807) is 13.8 Å². The Labute approximate surface area is 151 Å². The Kier molecular flexibility index (Phi) is 16.5. The molecular formula is C14H30N4O8. The van der Waals surface area contributed by atoms with E-state index in [1.165, 1.54) is 6.92 Å². The van der Waals surface area contributed by atoms with E-state index in [9.17, 15) is 19.2 Å². The summed E-state index contributed by atoms with van der Waals surface area (Å²) in [5, 5.41) is 33.0. The van der Waals surface area contributed by atoms with Crippen molar-refractivity contribution >= 4 is 23.8 Å². The first-order valence-electron chi connectivity index (χ1n) is 7.56. The van der Waals surface area contributed by atoms with Crippen LogP contribution in [0.15, 0.2) is 0 Å². The van der Waals surface area contributed by atoms with Crippen molar-refractivity contribution in [3.63, 3.8) is 0 Å². The van der Waals surface area contributed by atoms with Crippen molar-refractivity contribution in [2.45, 2.75) is 57.8 Å². The molecule has 0 bridgehead atoms. The number of carboxylic acid groups (broad SMARTS) is 3. The lowest BCUT2D eigenvalue weighted by Gasteiger charge is -2.07. The first-order valence-corrected chi connectivity index (χ1v) is 7.56.